The number of ketones is 1. The van der Waals surface area contributed by atoms with Gasteiger partial charge >= 0.3 is 0 Å². The van der Waals surface area contributed by atoms with E-state index < -0.39 is 0 Å². The molecule has 0 aromatic carbocycles. The van der Waals surface area contributed by atoms with E-state index in [2.05, 4.69) is 27.5 Å². The lowest BCUT2D eigenvalue weighted by Crippen LogP contribution is -2.67. The van der Waals surface area contributed by atoms with Crippen LogP contribution >= 0.6 is 11.8 Å². The van der Waals surface area contributed by atoms with Crippen LogP contribution in [0.25, 0.3) is 0 Å². The number of fused-ring (bicyclic) bond motifs is 1. The predicted molar refractivity (Wildman–Crippen MR) is 101 cm³/mol. The van der Waals surface area contributed by atoms with Crippen LogP contribution in [0.5, 0.6) is 0 Å². The first-order valence-corrected chi connectivity index (χ1v) is 9.95. The minimum Gasteiger partial charge on any atom is -0.372 e. The summed E-state index contributed by atoms with van der Waals surface area (Å²) in [6.07, 6.45) is 7.32. The number of nitrogens with one attached hydrogen (secondary N) is 3. The van der Waals surface area contributed by atoms with Gasteiger partial charge < -0.3 is 10.6 Å². The zero-order chi connectivity index (χ0) is 18.1. The number of allylic oxidation sites excluding steroid dienone is 2. The number of thioether (sulfide) groups is 1. The summed E-state index contributed by atoms with van der Waals surface area (Å²) in [7, 11) is 0. The molecule has 3 aliphatic rings. The van der Waals surface area contributed by atoms with E-state index in [4.69, 9.17) is 0 Å². The van der Waals surface area contributed by atoms with Gasteiger partial charge in [0.15, 0.2) is 5.78 Å². The molecular weight excluding hydrogens is 348 g/mol. The molecule has 3 heterocycles. The third-order valence-corrected chi connectivity index (χ3v) is 6.16. The minimum atomic E-state index is -0.388. The number of rotatable bonds is 4. The Balaban J connectivity index is 1.73. The quantitative estimate of drug-likeness (QED) is 0.699. The maximum absolute atomic E-state index is 13.0. The van der Waals surface area contributed by atoms with Crippen LogP contribution in [0.2, 0.25) is 0 Å². The van der Waals surface area contributed by atoms with Gasteiger partial charge in [0.2, 0.25) is 5.91 Å². The number of nitrogens with zero attached hydrogens (tertiary/aromatic N) is 1. The van der Waals surface area contributed by atoms with Crippen molar-refractivity contribution in [3.8, 4) is 0 Å². The van der Waals surface area contributed by atoms with Crippen LogP contribution in [0, 0.1) is 5.92 Å². The highest BCUT2D eigenvalue weighted by molar-refractivity contribution is 7.99. The Labute approximate surface area is 156 Å². The summed E-state index contributed by atoms with van der Waals surface area (Å²) < 4.78 is 0. The number of aromatic nitrogens is 1. The third kappa shape index (κ3) is 3.05. The van der Waals surface area contributed by atoms with Crippen LogP contribution in [0.4, 0.5) is 0 Å². The molecule has 4 atom stereocenters. The van der Waals surface area contributed by atoms with Gasteiger partial charge in [-0.2, -0.15) is 0 Å². The summed E-state index contributed by atoms with van der Waals surface area (Å²) in [5.41, 5.74) is 2.48. The van der Waals surface area contributed by atoms with Gasteiger partial charge in [-0.15, -0.1) is 18.3 Å². The molecule has 2 aliphatic heterocycles. The van der Waals surface area contributed by atoms with Crippen LogP contribution in [0.15, 0.2) is 48.5 Å². The van der Waals surface area contributed by atoms with Crippen LogP contribution in [-0.2, 0) is 9.59 Å². The first kappa shape index (κ1) is 17.3. The Morgan fingerprint density at radius 1 is 1.31 bits per heavy atom. The standard InChI is InChI=1S/C19H22N4O2S/c1-2-9-26-19-22-17-16(18(25)23-19)14(11-5-4-8-20-10-11)15-12(21-17)6-3-7-13(15)24/h2,4-5,8,10,14,16-17,19,21-22H,1,3,6-7,9H2,(H,23,25). The van der Waals surface area contributed by atoms with E-state index in [-0.39, 0.29) is 35.2 Å². The summed E-state index contributed by atoms with van der Waals surface area (Å²) in [5.74, 6) is 0.188. The smallest absolute Gasteiger partial charge is 0.229 e. The van der Waals surface area contributed by atoms with Crippen molar-refractivity contribution in [3.63, 3.8) is 0 Å². The highest BCUT2D eigenvalue weighted by Gasteiger charge is 2.49. The molecule has 1 aromatic rings. The minimum absolute atomic E-state index is 0.0402. The normalized spacial score (nSPS) is 30.8. The fourth-order valence-electron chi connectivity index (χ4n) is 4.09. The van der Waals surface area contributed by atoms with Crippen molar-refractivity contribution in [2.24, 2.45) is 5.92 Å². The van der Waals surface area contributed by atoms with Gasteiger partial charge in [0, 0.05) is 41.8 Å². The van der Waals surface area contributed by atoms with Gasteiger partial charge in [-0.25, -0.2) is 0 Å². The van der Waals surface area contributed by atoms with Crippen LogP contribution in [0.1, 0.15) is 30.7 Å². The van der Waals surface area contributed by atoms with E-state index >= 15 is 0 Å². The molecule has 0 saturated carbocycles. The molecule has 1 fully saturated rings. The van der Waals surface area contributed by atoms with Crippen LogP contribution in [-0.4, -0.2) is 34.1 Å². The first-order valence-electron chi connectivity index (χ1n) is 8.90. The summed E-state index contributed by atoms with van der Waals surface area (Å²) in [6, 6.07) is 3.81. The first-order chi connectivity index (χ1) is 12.7. The van der Waals surface area contributed by atoms with Gasteiger partial charge in [-0.05, 0) is 24.5 Å². The molecule has 1 aromatic heterocycles. The van der Waals surface area contributed by atoms with Gasteiger partial charge in [-0.1, -0.05) is 12.1 Å². The van der Waals surface area contributed by atoms with Gasteiger partial charge in [0.25, 0.3) is 0 Å². The molecule has 0 radical (unpaired) electrons. The Hall–Kier alpha value is -2.12. The summed E-state index contributed by atoms with van der Waals surface area (Å²) in [4.78, 5) is 29.9. The van der Waals surface area contributed by atoms with Crippen molar-refractivity contribution in [2.75, 3.05) is 5.75 Å². The van der Waals surface area contributed by atoms with Crippen molar-refractivity contribution >= 4 is 23.5 Å². The maximum atomic E-state index is 13.0. The molecule has 4 unspecified atom stereocenters. The maximum Gasteiger partial charge on any atom is 0.229 e. The zero-order valence-electron chi connectivity index (χ0n) is 14.4. The summed E-state index contributed by atoms with van der Waals surface area (Å²) >= 11 is 1.59. The Morgan fingerprint density at radius 2 is 2.19 bits per heavy atom. The fraction of sp³-hybridized carbons (Fsp3) is 0.421. The topological polar surface area (TPSA) is 83.1 Å². The molecule has 136 valence electrons. The SMILES string of the molecule is C=CCSC1NC(=O)C2C(NC3=C(C(=O)CCC3)C2c2cccnc2)N1. The Bertz CT molecular complexity index is 764. The lowest BCUT2D eigenvalue weighted by atomic mass is 9.71. The van der Waals surface area contributed by atoms with Gasteiger partial charge in [-0.3, -0.25) is 19.9 Å². The number of hydrogen-bond acceptors (Lipinski definition) is 6. The summed E-state index contributed by atoms with van der Waals surface area (Å²) in [6.45, 7) is 3.73. The monoisotopic (exact) mass is 370 g/mol. The van der Waals surface area contributed by atoms with Gasteiger partial charge in [0.05, 0.1) is 12.1 Å². The molecule has 0 spiro atoms. The fourth-order valence-corrected chi connectivity index (χ4v) is 4.86. The van der Waals surface area contributed by atoms with E-state index in [1.54, 1.807) is 24.2 Å². The molecule has 3 N–H and O–H groups in total. The van der Waals surface area contributed by atoms with E-state index in [9.17, 15) is 9.59 Å². The third-order valence-electron chi connectivity index (χ3n) is 5.15. The largest absolute Gasteiger partial charge is 0.372 e. The van der Waals surface area contributed by atoms with Crippen molar-refractivity contribution in [3.05, 3.63) is 54.0 Å². The summed E-state index contributed by atoms with van der Waals surface area (Å²) in [5, 5.41) is 9.96. The van der Waals surface area contributed by atoms with Crippen molar-refractivity contribution in [1.29, 1.82) is 0 Å². The van der Waals surface area contributed by atoms with E-state index in [1.165, 1.54) is 0 Å². The zero-order valence-corrected chi connectivity index (χ0v) is 15.2. The molecule has 1 aliphatic carbocycles. The second-order valence-electron chi connectivity index (χ2n) is 6.76. The Morgan fingerprint density at radius 3 is 2.96 bits per heavy atom. The second-order valence-corrected chi connectivity index (χ2v) is 7.90. The molecule has 1 saturated heterocycles. The number of amides is 1. The van der Waals surface area contributed by atoms with E-state index in [0.717, 1.165) is 35.4 Å². The average Bonchev–Trinajstić information content (AvgIpc) is 2.65. The highest BCUT2D eigenvalue weighted by atomic mass is 32.2. The number of Topliss-reactive ketones (excluding diaryl/α,β-unsaturated/α-hetero) is 1. The highest BCUT2D eigenvalue weighted by Crippen LogP contribution is 2.43. The number of carbonyl (C=O) groups is 2. The van der Waals surface area contributed by atoms with Crippen molar-refractivity contribution < 1.29 is 9.59 Å². The number of pyridine rings is 1. The van der Waals surface area contributed by atoms with E-state index in [0.29, 0.717) is 6.42 Å². The molecule has 4 rings (SSSR count). The molecule has 26 heavy (non-hydrogen) atoms. The van der Waals surface area contributed by atoms with Gasteiger partial charge in [0.1, 0.15) is 5.50 Å². The average molecular weight is 370 g/mol. The second kappa shape index (κ2) is 7.25. The molecular formula is C19H22N4O2S. The lowest BCUT2D eigenvalue weighted by Gasteiger charge is -2.46. The molecule has 7 heteroatoms. The molecule has 0 bridgehead atoms. The van der Waals surface area contributed by atoms with E-state index in [1.807, 2.05) is 18.2 Å². The predicted octanol–water partition coefficient (Wildman–Crippen LogP) is 1.64. The van der Waals surface area contributed by atoms with Crippen molar-refractivity contribution in [2.45, 2.75) is 36.8 Å². The molecule has 1 amide bonds. The molecule has 6 nitrogen and oxygen atoms in total. The van der Waals surface area contributed by atoms with Crippen LogP contribution < -0.4 is 16.0 Å². The number of hydrogen-bond donors (Lipinski definition) is 3. The van der Waals surface area contributed by atoms with Crippen molar-refractivity contribution in [1.82, 2.24) is 20.9 Å². The number of carbonyl (C=O) groups excluding carboxylic acids is 2. The Kier molecular flexibility index (Phi) is 4.82. The van der Waals surface area contributed by atoms with Crippen LogP contribution in [0.3, 0.4) is 0 Å². The lowest BCUT2D eigenvalue weighted by molar-refractivity contribution is -0.130.